The fourth-order valence-electron chi connectivity index (χ4n) is 2.59. The van der Waals surface area contributed by atoms with E-state index >= 15 is 0 Å². The highest BCUT2D eigenvalue weighted by Gasteiger charge is 2.34. The summed E-state index contributed by atoms with van der Waals surface area (Å²) < 4.78 is 1.78. The second-order valence-corrected chi connectivity index (χ2v) is 6.49. The van der Waals surface area contributed by atoms with Crippen LogP contribution in [0.1, 0.15) is 29.4 Å². The summed E-state index contributed by atoms with van der Waals surface area (Å²) in [5.41, 5.74) is 1.55. The molecule has 2 aromatic rings. The number of hydrogen-bond donors (Lipinski definition) is 1. The highest BCUT2D eigenvalue weighted by atomic mass is 32.2. The summed E-state index contributed by atoms with van der Waals surface area (Å²) in [7, 11) is 0. The summed E-state index contributed by atoms with van der Waals surface area (Å²) in [6.45, 7) is 2.32. The normalized spacial score (nSPS) is 16.0. The molecule has 2 amide bonds. The van der Waals surface area contributed by atoms with E-state index in [1.165, 1.54) is 11.0 Å². The Hall–Kier alpha value is -2.80. The number of imide groups is 1. The van der Waals surface area contributed by atoms with E-state index in [2.05, 4.69) is 0 Å². The molecule has 1 N–H and O–H groups in total. The number of amides is 2. The molecule has 0 spiro atoms. The highest BCUT2D eigenvalue weighted by molar-refractivity contribution is 8.18. The molecule has 1 saturated heterocycles. The molecular weight excluding hydrogens is 340 g/mol. The predicted molar refractivity (Wildman–Crippen MR) is 95.7 cm³/mol. The molecule has 2 heterocycles. The molecule has 0 atom stereocenters. The molecule has 25 heavy (non-hydrogen) atoms. The lowest BCUT2D eigenvalue weighted by molar-refractivity contribution is -0.122. The minimum absolute atomic E-state index is 0.181. The molecule has 6 nitrogen and oxygen atoms in total. The minimum atomic E-state index is -1.00. The van der Waals surface area contributed by atoms with E-state index in [4.69, 9.17) is 5.11 Å². The van der Waals surface area contributed by atoms with Gasteiger partial charge in [-0.05, 0) is 54.6 Å². The van der Waals surface area contributed by atoms with Crippen LogP contribution in [0.25, 0.3) is 11.8 Å². The maximum absolute atomic E-state index is 12.4. The SMILES string of the molecule is CCCN1C(=O)SC(=Cc2cccn2-c2cccc(C(=O)O)c2)C1=O. The van der Waals surface area contributed by atoms with Crippen LogP contribution in [0.2, 0.25) is 0 Å². The molecule has 1 aliphatic rings. The Bertz CT molecular complexity index is 885. The summed E-state index contributed by atoms with van der Waals surface area (Å²) in [5.74, 6) is -1.29. The van der Waals surface area contributed by atoms with Crippen molar-refractivity contribution in [2.75, 3.05) is 6.54 Å². The first kappa shape index (κ1) is 17.0. The molecular formula is C18H16N2O4S. The van der Waals surface area contributed by atoms with Crippen molar-refractivity contribution in [3.63, 3.8) is 0 Å². The molecule has 0 radical (unpaired) electrons. The second kappa shape index (κ2) is 6.98. The van der Waals surface area contributed by atoms with Crippen molar-refractivity contribution in [2.45, 2.75) is 13.3 Å². The van der Waals surface area contributed by atoms with Crippen LogP contribution in [0.4, 0.5) is 4.79 Å². The zero-order chi connectivity index (χ0) is 18.0. The quantitative estimate of drug-likeness (QED) is 0.828. The van der Waals surface area contributed by atoms with Crippen molar-refractivity contribution in [1.29, 1.82) is 0 Å². The summed E-state index contributed by atoms with van der Waals surface area (Å²) in [6.07, 6.45) is 4.15. The number of nitrogens with zero attached hydrogens (tertiary/aromatic N) is 2. The lowest BCUT2D eigenvalue weighted by Crippen LogP contribution is -2.28. The van der Waals surface area contributed by atoms with Gasteiger partial charge in [0, 0.05) is 24.1 Å². The minimum Gasteiger partial charge on any atom is -0.478 e. The number of benzene rings is 1. The zero-order valence-corrected chi connectivity index (χ0v) is 14.3. The van der Waals surface area contributed by atoms with Crippen LogP contribution < -0.4 is 0 Å². The van der Waals surface area contributed by atoms with Crippen molar-refractivity contribution < 1.29 is 19.5 Å². The highest BCUT2D eigenvalue weighted by Crippen LogP contribution is 2.32. The van der Waals surface area contributed by atoms with Crippen molar-refractivity contribution in [3.8, 4) is 5.69 Å². The number of hydrogen-bond acceptors (Lipinski definition) is 4. The predicted octanol–water partition coefficient (Wildman–Crippen LogP) is 3.62. The number of carboxylic acid groups (broad SMARTS) is 1. The maximum atomic E-state index is 12.4. The first-order valence-electron chi connectivity index (χ1n) is 7.77. The van der Waals surface area contributed by atoms with Crippen LogP contribution in [0, 0.1) is 0 Å². The van der Waals surface area contributed by atoms with Gasteiger partial charge in [0.1, 0.15) is 0 Å². The van der Waals surface area contributed by atoms with Gasteiger partial charge < -0.3 is 9.67 Å². The Balaban J connectivity index is 1.95. The van der Waals surface area contributed by atoms with Crippen molar-refractivity contribution in [1.82, 2.24) is 9.47 Å². The summed E-state index contributed by atoms with van der Waals surface area (Å²) in [6, 6.07) is 10.1. The Kier molecular flexibility index (Phi) is 4.76. The van der Waals surface area contributed by atoms with E-state index < -0.39 is 5.97 Å². The number of carbonyl (C=O) groups excluding carboxylic acids is 2. The maximum Gasteiger partial charge on any atom is 0.335 e. The van der Waals surface area contributed by atoms with Crippen LogP contribution in [-0.2, 0) is 4.79 Å². The Morgan fingerprint density at radius 2 is 2.04 bits per heavy atom. The van der Waals surface area contributed by atoms with Crippen LogP contribution in [-0.4, -0.2) is 38.2 Å². The number of thioether (sulfide) groups is 1. The lowest BCUT2D eigenvalue weighted by Gasteiger charge is -2.10. The van der Waals surface area contributed by atoms with Crippen LogP contribution in [0.3, 0.4) is 0 Å². The van der Waals surface area contributed by atoms with E-state index in [1.807, 2.05) is 6.92 Å². The van der Waals surface area contributed by atoms with E-state index in [0.29, 0.717) is 29.3 Å². The van der Waals surface area contributed by atoms with Gasteiger partial charge in [-0.15, -0.1) is 0 Å². The average molecular weight is 356 g/mol. The number of carbonyl (C=O) groups is 3. The summed E-state index contributed by atoms with van der Waals surface area (Å²) in [5, 5.41) is 8.88. The third kappa shape index (κ3) is 3.36. The van der Waals surface area contributed by atoms with Crippen molar-refractivity contribution in [2.24, 2.45) is 0 Å². The number of aromatic carboxylic acids is 1. The Morgan fingerprint density at radius 1 is 1.24 bits per heavy atom. The largest absolute Gasteiger partial charge is 0.478 e. The van der Waals surface area contributed by atoms with Crippen LogP contribution >= 0.6 is 11.8 Å². The standard InChI is InChI=1S/C18H16N2O4S/c1-2-8-20-16(21)15(25-18(20)24)11-14-7-4-9-19(14)13-6-3-5-12(10-13)17(22)23/h3-7,9-11H,2,8H2,1H3,(H,22,23). The van der Waals surface area contributed by atoms with Gasteiger partial charge in [-0.2, -0.15) is 0 Å². The molecule has 0 aliphatic carbocycles. The fourth-order valence-corrected chi connectivity index (χ4v) is 3.44. The number of carboxylic acids is 1. The van der Waals surface area contributed by atoms with Crippen molar-refractivity contribution in [3.05, 3.63) is 58.8 Å². The molecule has 0 unspecified atom stereocenters. The molecule has 1 aromatic heterocycles. The average Bonchev–Trinajstić information content (AvgIpc) is 3.16. The Labute approximate surface area is 148 Å². The number of aromatic nitrogens is 1. The van der Waals surface area contributed by atoms with Crippen LogP contribution in [0.5, 0.6) is 0 Å². The van der Waals surface area contributed by atoms with E-state index in [1.54, 1.807) is 47.2 Å². The van der Waals surface area contributed by atoms with E-state index in [9.17, 15) is 14.4 Å². The number of rotatable bonds is 5. The third-order valence-electron chi connectivity index (χ3n) is 3.75. The van der Waals surface area contributed by atoms with Gasteiger partial charge in [0.05, 0.1) is 10.5 Å². The molecule has 128 valence electrons. The van der Waals surface area contributed by atoms with Gasteiger partial charge in [-0.1, -0.05) is 13.0 Å². The Morgan fingerprint density at radius 3 is 2.76 bits per heavy atom. The topological polar surface area (TPSA) is 79.6 Å². The third-order valence-corrected chi connectivity index (χ3v) is 4.66. The molecule has 1 aromatic carbocycles. The van der Waals surface area contributed by atoms with Gasteiger partial charge >= 0.3 is 5.97 Å². The smallest absolute Gasteiger partial charge is 0.335 e. The lowest BCUT2D eigenvalue weighted by atomic mass is 10.2. The molecule has 7 heteroatoms. The van der Waals surface area contributed by atoms with Gasteiger partial charge in [0.2, 0.25) is 0 Å². The van der Waals surface area contributed by atoms with Gasteiger partial charge in [0.15, 0.2) is 0 Å². The zero-order valence-electron chi connectivity index (χ0n) is 13.5. The van der Waals surface area contributed by atoms with E-state index in [0.717, 1.165) is 11.8 Å². The summed E-state index contributed by atoms with van der Waals surface area (Å²) in [4.78, 5) is 37.1. The summed E-state index contributed by atoms with van der Waals surface area (Å²) >= 11 is 0.923. The monoisotopic (exact) mass is 356 g/mol. The van der Waals surface area contributed by atoms with Crippen molar-refractivity contribution >= 4 is 35.0 Å². The molecule has 1 fully saturated rings. The molecule has 1 aliphatic heterocycles. The molecule has 0 saturated carbocycles. The van der Waals surface area contributed by atoms with Gasteiger partial charge in [-0.25, -0.2) is 4.79 Å². The first-order chi connectivity index (χ1) is 12.0. The first-order valence-corrected chi connectivity index (χ1v) is 8.59. The van der Waals surface area contributed by atoms with Crippen LogP contribution in [0.15, 0.2) is 47.5 Å². The van der Waals surface area contributed by atoms with E-state index in [-0.39, 0.29) is 16.7 Å². The molecule has 0 bridgehead atoms. The fraction of sp³-hybridized carbons (Fsp3) is 0.167. The molecule has 3 rings (SSSR count). The van der Waals surface area contributed by atoms with Gasteiger partial charge in [0.25, 0.3) is 11.1 Å². The van der Waals surface area contributed by atoms with Gasteiger partial charge in [-0.3, -0.25) is 14.5 Å². The second-order valence-electron chi connectivity index (χ2n) is 5.49.